The van der Waals surface area contributed by atoms with Crippen LogP contribution in [0.15, 0.2) is 24.4 Å². The van der Waals surface area contributed by atoms with E-state index >= 15 is 0 Å². The van der Waals surface area contributed by atoms with Crippen LogP contribution in [-0.2, 0) is 4.74 Å². The molecule has 2 fully saturated rings. The molecular formula is C16H22N4O2. The summed E-state index contributed by atoms with van der Waals surface area (Å²) in [5, 5.41) is 11.2. The molecule has 22 heavy (non-hydrogen) atoms. The lowest BCUT2D eigenvalue weighted by molar-refractivity contribution is 0.0612. The number of amides is 1. The Labute approximate surface area is 129 Å². The largest absolute Gasteiger partial charge is 0.453 e. The summed E-state index contributed by atoms with van der Waals surface area (Å²) in [5.41, 5.74) is 2.15. The number of fused-ring (bicyclic) bond motifs is 1. The summed E-state index contributed by atoms with van der Waals surface area (Å²) >= 11 is 0. The number of benzene rings is 1. The number of ether oxygens (including phenoxy) is 1. The molecular weight excluding hydrogens is 280 g/mol. The SMILES string of the molecule is C1CCNC1.COC(=O)N1CCC1c1ccc2[nH]ncc2c1. The topological polar surface area (TPSA) is 70.2 Å². The van der Waals surface area contributed by atoms with Gasteiger partial charge in [0.15, 0.2) is 0 Å². The van der Waals surface area contributed by atoms with Crippen molar-refractivity contribution in [1.29, 1.82) is 0 Å². The van der Waals surface area contributed by atoms with Crippen molar-refractivity contribution < 1.29 is 9.53 Å². The zero-order valence-corrected chi connectivity index (χ0v) is 12.8. The van der Waals surface area contributed by atoms with Gasteiger partial charge in [0.25, 0.3) is 0 Å². The first kappa shape index (κ1) is 14.8. The Bertz CT molecular complexity index is 628. The minimum absolute atomic E-state index is 0.141. The van der Waals surface area contributed by atoms with Crippen LogP contribution in [0.4, 0.5) is 4.79 Å². The number of hydrogen-bond donors (Lipinski definition) is 2. The molecule has 4 rings (SSSR count). The van der Waals surface area contributed by atoms with Crippen LogP contribution in [0.2, 0.25) is 0 Å². The van der Waals surface area contributed by atoms with E-state index in [4.69, 9.17) is 4.74 Å². The monoisotopic (exact) mass is 302 g/mol. The molecule has 3 heterocycles. The van der Waals surface area contributed by atoms with Gasteiger partial charge < -0.3 is 15.0 Å². The number of methoxy groups -OCH3 is 1. The summed E-state index contributed by atoms with van der Waals surface area (Å²) in [5.74, 6) is 0. The van der Waals surface area contributed by atoms with Crippen molar-refractivity contribution in [2.24, 2.45) is 0 Å². The minimum Gasteiger partial charge on any atom is -0.453 e. The molecule has 2 aliphatic rings. The Morgan fingerprint density at radius 1 is 1.36 bits per heavy atom. The Hall–Kier alpha value is -2.08. The number of likely N-dealkylation sites (tertiary alicyclic amines) is 1. The third-order valence-corrected chi connectivity index (χ3v) is 4.23. The van der Waals surface area contributed by atoms with Crippen LogP contribution in [0.1, 0.15) is 30.9 Å². The zero-order valence-electron chi connectivity index (χ0n) is 12.8. The predicted octanol–water partition coefficient (Wildman–Crippen LogP) is 2.45. The lowest BCUT2D eigenvalue weighted by atomic mass is 9.94. The highest BCUT2D eigenvalue weighted by Crippen LogP contribution is 2.34. The molecule has 0 radical (unpaired) electrons. The predicted molar refractivity (Wildman–Crippen MR) is 84.7 cm³/mol. The third kappa shape index (κ3) is 3.06. The Morgan fingerprint density at radius 2 is 2.18 bits per heavy atom. The molecule has 6 heteroatoms. The van der Waals surface area contributed by atoms with Crippen LogP contribution < -0.4 is 5.32 Å². The maximum absolute atomic E-state index is 11.5. The van der Waals surface area contributed by atoms with E-state index in [0.29, 0.717) is 0 Å². The molecule has 1 aromatic carbocycles. The van der Waals surface area contributed by atoms with Crippen molar-refractivity contribution in [3.8, 4) is 0 Å². The Balaban J connectivity index is 0.000000246. The fourth-order valence-electron chi connectivity index (χ4n) is 2.86. The fraction of sp³-hybridized carbons (Fsp3) is 0.500. The summed E-state index contributed by atoms with van der Waals surface area (Å²) in [6.45, 7) is 3.26. The van der Waals surface area contributed by atoms with Crippen molar-refractivity contribution in [2.75, 3.05) is 26.7 Å². The van der Waals surface area contributed by atoms with Crippen LogP contribution >= 0.6 is 0 Å². The fourth-order valence-corrected chi connectivity index (χ4v) is 2.86. The lowest BCUT2D eigenvalue weighted by Gasteiger charge is -2.39. The number of nitrogens with zero attached hydrogens (tertiary/aromatic N) is 2. The van der Waals surface area contributed by atoms with Gasteiger partial charge in [0.1, 0.15) is 0 Å². The Morgan fingerprint density at radius 3 is 2.77 bits per heavy atom. The molecule has 2 saturated heterocycles. The van der Waals surface area contributed by atoms with Gasteiger partial charge in [0, 0.05) is 11.9 Å². The first-order valence-corrected chi connectivity index (χ1v) is 7.78. The van der Waals surface area contributed by atoms with Gasteiger partial charge in [0.2, 0.25) is 0 Å². The number of H-pyrrole nitrogens is 1. The summed E-state index contributed by atoms with van der Waals surface area (Å²) in [6.07, 6.45) is 5.30. The molecule has 2 aromatic rings. The van der Waals surface area contributed by atoms with Gasteiger partial charge in [-0.15, -0.1) is 0 Å². The standard InChI is InChI=1S/C12H13N3O2.C4H9N/c1-17-12(16)15-5-4-11(15)8-2-3-10-9(6-8)7-13-14-10;1-2-4-5-3-1/h2-3,6-7,11H,4-5H2,1H3,(H,13,14);5H,1-4H2. The average Bonchev–Trinajstić information content (AvgIpc) is 3.19. The molecule has 2 aliphatic heterocycles. The summed E-state index contributed by atoms with van der Waals surface area (Å²) < 4.78 is 4.75. The molecule has 0 spiro atoms. The van der Waals surface area contributed by atoms with Gasteiger partial charge in [-0.2, -0.15) is 5.10 Å². The molecule has 118 valence electrons. The normalized spacial score (nSPS) is 20.2. The average molecular weight is 302 g/mol. The number of hydrogen-bond acceptors (Lipinski definition) is 4. The van der Waals surface area contributed by atoms with Gasteiger partial charge in [-0.3, -0.25) is 5.10 Å². The summed E-state index contributed by atoms with van der Waals surface area (Å²) in [6, 6.07) is 6.23. The molecule has 0 saturated carbocycles. The van der Waals surface area contributed by atoms with Crippen LogP contribution in [0.3, 0.4) is 0 Å². The molecule has 0 bridgehead atoms. The summed E-state index contributed by atoms with van der Waals surface area (Å²) in [4.78, 5) is 13.2. The number of rotatable bonds is 1. The van der Waals surface area contributed by atoms with Crippen molar-refractivity contribution >= 4 is 17.0 Å². The maximum atomic E-state index is 11.5. The number of aromatic nitrogens is 2. The highest BCUT2D eigenvalue weighted by molar-refractivity contribution is 5.79. The molecule has 2 N–H and O–H groups in total. The van der Waals surface area contributed by atoms with Crippen molar-refractivity contribution in [3.63, 3.8) is 0 Å². The van der Waals surface area contributed by atoms with E-state index in [1.807, 2.05) is 12.1 Å². The molecule has 1 unspecified atom stereocenters. The van der Waals surface area contributed by atoms with Crippen LogP contribution in [0.5, 0.6) is 0 Å². The van der Waals surface area contributed by atoms with E-state index in [9.17, 15) is 4.79 Å². The second-order valence-corrected chi connectivity index (χ2v) is 5.64. The van der Waals surface area contributed by atoms with Crippen LogP contribution in [-0.4, -0.2) is 47.9 Å². The minimum atomic E-state index is -0.256. The van der Waals surface area contributed by atoms with Crippen molar-refractivity contribution in [2.45, 2.75) is 25.3 Å². The van der Waals surface area contributed by atoms with Gasteiger partial charge in [-0.05, 0) is 50.0 Å². The molecule has 0 aliphatic carbocycles. The number of aromatic amines is 1. The highest BCUT2D eigenvalue weighted by Gasteiger charge is 2.34. The van der Waals surface area contributed by atoms with Crippen LogP contribution in [0, 0.1) is 0 Å². The van der Waals surface area contributed by atoms with Gasteiger partial charge in [-0.25, -0.2) is 4.79 Å². The molecule has 6 nitrogen and oxygen atoms in total. The quantitative estimate of drug-likeness (QED) is 0.849. The van der Waals surface area contributed by atoms with Gasteiger partial charge in [0.05, 0.1) is 24.9 Å². The maximum Gasteiger partial charge on any atom is 0.409 e. The second-order valence-electron chi connectivity index (χ2n) is 5.64. The zero-order chi connectivity index (χ0) is 15.4. The first-order chi connectivity index (χ1) is 10.8. The van der Waals surface area contributed by atoms with E-state index < -0.39 is 0 Å². The molecule has 1 aromatic heterocycles. The first-order valence-electron chi connectivity index (χ1n) is 7.78. The highest BCUT2D eigenvalue weighted by atomic mass is 16.5. The van der Waals surface area contributed by atoms with Crippen molar-refractivity contribution in [1.82, 2.24) is 20.4 Å². The number of nitrogens with one attached hydrogen (secondary N) is 2. The lowest BCUT2D eigenvalue weighted by Crippen LogP contribution is -2.44. The van der Waals surface area contributed by atoms with Gasteiger partial charge >= 0.3 is 6.09 Å². The van der Waals surface area contributed by atoms with Crippen LogP contribution in [0.25, 0.3) is 10.9 Å². The third-order valence-electron chi connectivity index (χ3n) is 4.23. The Kier molecular flexibility index (Phi) is 4.58. The number of carbonyl (C=O) groups excluding carboxylic acids is 1. The van der Waals surface area contributed by atoms with E-state index in [0.717, 1.165) is 29.4 Å². The molecule has 1 amide bonds. The van der Waals surface area contributed by atoms with E-state index in [1.54, 1.807) is 11.1 Å². The van der Waals surface area contributed by atoms with Gasteiger partial charge in [-0.1, -0.05) is 6.07 Å². The smallest absolute Gasteiger partial charge is 0.409 e. The summed E-state index contributed by atoms with van der Waals surface area (Å²) in [7, 11) is 1.41. The van der Waals surface area contributed by atoms with E-state index in [1.165, 1.54) is 33.0 Å². The van der Waals surface area contributed by atoms with Crippen molar-refractivity contribution in [3.05, 3.63) is 30.0 Å². The van der Waals surface area contributed by atoms with E-state index in [2.05, 4.69) is 21.6 Å². The number of carbonyl (C=O) groups is 1. The second kappa shape index (κ2) is 6.79. The van der Waals surface area contributed by atoms with E-state index in [-0.39, 0.29) is 12.1 Å². The molecule has 1 atom stereocenters.